The molecule has 3 nitrogen and oxygen atoms in total. The number of hydrogen-bond donors (Lipinski definition) is 1. The Hall–Kier alpha value is -0.830. The van der Waals surface area contributed by atoms with Gasteiger partial charge in [-0.2, -0.15) is 5.10 Å². The smallest absolute Gasteiger partial charge is 0.0984 e. The van der Waals surface area contributed by atoms with E-state index in [2.05, 4.69) is 18.9 Å². The van der Waals surface area contributed by atoms with Gasteiger partial charge in [-0.05, 0) is 37.2 Å². The van der Waals surface area contributed by atoms with E-state index in [1.807, 2.05) is 10.7 Å². The van der Waals surface area contributed by atoms with Crippen molar-refractivity contribution in [3.63, 3.8) is 0 Å². The Morgan fingerprint density at radius 3 is 2.94 bits per heavy atom. The third-order valence-electron chi connectivity index (χ3n) is 4.09. The van der Waals surface area contributed by atoms with E-state index in [0.29, 0.717) is 5.92 Å². The standard InChI is InChI=1S/C14H24N2O/c1-3-9-16-13(7-8-15-16)14(17)12-6-5-11(4-2)10-12/h7-8,11-12,14,17H,3-6,9-10H2,1-2H3. The summed E-state index contributed by atoms with van der Waals surface area (Å²) in [6.07, 6.45) is 7.41. The van der Waals surface area contributed by atoms with Gasteiger partial charge in [0, 0.05) is 12.7 Å². The van der Waals surface area contributed by atoms with Gasteiger partial charge in [0.1, 0.15) is 0 Å². The zero-order valence-electron chi connectivity index (χ0n) is 11.0. The number of rotatable bonds is 5. The predicted octanol–water partition coefficient (Wildman–Crippen LogP) is 3.15. The number of aliphatic hydroxyl groups is 1. The highest BCUT2D eigenvalue weighted by molar-refractivity contribution is 5.07. The van der Waals surface area contributed by atoms with E-state index in [1.54, 1.807) is 6.20 Å². The minimum absolute atomic E-state index is 0.319. The molecule has 1 heterocycles. The molecule has 0 spiro atoms. The Balaban J connectivity index is 2.03. The lowest BCUT2D eigenvalue weighted by atomic mass is 9.96. The van der Waals surface area contributed by atoms with E-state index >= 15 is 0 Å². The monoisotopic (exact) mass is 236 g/mol. The van der Waals surface area contributed by atoms with Crippen LogP contribution in [0.5, 0.6) is 0 Å². The zero-order chi connectivity index (χ0) is 12.3. The van der Waals surface area contributed by atoms with Crippen molar-refractivity contribution in [3.05, 3.63) is 18.0 Å². The molecule has 3 unspecified atom stereocenters. The Kier molecular flexibility index (Phi) is 4.21. The largest absolute Gasteiger partial charge is 0.387 e. The topological polar surface area (TPSA) is 38.0 Å². The Morgan fingerprint density at radius 1 is 1.47 bits per heavy atom. The molecule has 3 atom stereocenters. The molecule has 1 N–H and O–H groups in total. The first kappa shape index (κ1) is 12.6. The lowest BCUT2D eigenvalue weighted by Crippen LogP contribution is -2.15. The molecule has 1 saturated carbocycles. The molecular weight excluding hydrogens is 212 g/mol. The van der Waals surface area contributed by atoms with Crippen LogP contribution in [0.1, 0.15) is 57.7 Å². The highest BCUT2D eigenvalue weighted by Crippen LogP contribution is 2.40. The van der Waals surface area contributed by atoms with Gasteiger partial charge in [0.25, 0.3) is 0 Å². The molecule has 96 valence electrons. The van der Waals surface area contributed by atoms with Gasteiger partial charge >= 0.3 is 0 Å². The fraction of sp³-hybridized carbons (Fsp3) is 0.786. The van der Waals surface area contributed by atoms with Crippen molar-refractivity contribution < 1.29 is 5.11 Å². The van der Waals surface area contributed by atoms with E-state index < -0.39 is 0 Å². The predicted molar refractivity (Wildman–Crippen MR) is 68.6 cm³/mol. The second-order valence-electron chi connectivity index (χ2n) is 5.27. The van der Waals surface area contributed by atoms with Crippen LogP contribution in [-0.4, -0.2) is 14.9 Å². The molecule has 2 rings (SSSR count). The van der Waals surface area contributed by atoms with Crippen LogP contribution in [0.4, 0.5) is 0 Å². The molecule has 1 fully saturated rings. The first-order valence-electron chi connectivity index (χ1n) is 6.96. The van der Waals surface area contributed by atoms with Gasteiger partial charge < -0.3 is 5.11 Å². The lowest BCUT2D eigenvalue weighted by molar-refractivity contribution is 0.0994. The van der Waals surface area contributed by atoms with E-state index in [-0.39, 0.29) is 6.10 Å². The fourth-order valence-corrected chi connectivity index (χ4v) is 3.01. The summed E-state index contributed by atoms with van der Waals surface area (Å²) in [5.74, 6) is 1.25. The van der Waals surface area contributed by atoms with E-state index in [9.17, 15) is 5.11 Å². The summed E-state index contributed by atoms with van der Waals surface area (Å²) in [5.41, 5.74) is 1.01. The molecule has 1 aromatic heterocycles. The fourth-order valence-electron chi connectivity index (χ4n) is 3.01. The van der Waals surface area contributed by atoms with Gasteiger partial charge in [-0.3, -0.25) is 4.68 Å². The molecular formula is C14H24N2O. The van der Waals surface area contributed by atoms with Crippen molar-refractivity contribution in [1.82, 2.24) is 9.78 Å². The van der Waals surface area contributed by atoms with Crippen LogP contribution in [0, 0.1) is 11.8 Å². The van der Waals surface area contributed by atoms with Gasteiger partial charge in [0.15, 0.2) is 0 Å². The highest BCUT2D eigenvalue weighted by Gasteiger charge is 2.31. The summed E-state index contributed by atoms with van der Waals surface area (Å²) < 4.78 is 1.96. The maximum Gasteiger partial charge on any atom is 0.0984 e. The van der Waals surface area contributed by atoms with Crippen LogP contribution >= 0.6 is 0 Å². The average molecular weight is 236 g/mol. The van der Waals surface area contributed by atoms with Gasteiger partial charge in [-0.1, -0.05) is 26.7 Å². The molecule has 0 saturated heterocycles. The second-order valence-corrected chi connectivity index (χ2v) is 5.27. The third-order valence-corrected chi connectivity index (χ3v) is 4.09. The van der Waals surface area contributed by atoms with Crippen molar-refractivity contribution in [2.24, 2.45) is 11.8 Å². The van der Waals surface area contributed by atoms with Crippen LogP contribution in [0.2, 0.25) is 0 Å². The summed E-state index contributed by atoms with van der Waals surface area (Å²) in [7, 11) is 0. The first-order valence-corrected chi connectivity index (χ1v) is 6.96. The van der Waals surface area contributed by atoms with Crippen molar-refractivity contribution in [2.45, 2.75) is 58.6 Å². The van der Waals surface area contributed by atoms with Crippen molar-refractivity contribution in [2.75, 3.05) is 0 Å². The van der Waals surface area contributed by atoms with Crippen molar-refractivity contribution in [1.29, 1.82) is 0 Å². The van der Waals surface area contributed by atoms with E-state index in [4.69, 9.17) is 0 Å². The number of aromatic nitrogens is 2. The molecule has 0 radical (unpaired) electrons. The van der Waals surface area contributed by atoms with Gasteiger partial charge in [0.05, 0.1) is 11.8 Å². The van der Waals surface area contributed by atoms with E-state index in [0.717, 1.165) is 31.0 Å². The molecule has 1 aliphatic carbocycles. The maximum atomic E-state index is 10.5. The number of aliphatic hydroxyl groups excluding tert-OH is 1. The van der Waals surface area contributed by atoms with Crippen LogP contribution in [0.3, 0.4) is 0 Å². The Labute approximate surface area is 104 Å². The van der Waals surface area contributed by atoms with Crippen molar-refractivity contribution >= 4 is 0 Å². The highest BCUT2D eigenvalue weighted by atomic mass is 16.3. The first-order chi connectivity index (χ1) is 8.26. The summed E-state index contributed by atoms with van der Waals surface area (Å²) >= 11 is 0. The molecule has 3 heteroatoms. The molecule has 0 bridgehead atoms. The summed E-state index contributed by atoms with van der Waals surface area (Å²) in [4.78, 5) is 0. The van der Waals surface area contributed by atoms with Crippen LogP contribution in [0.25, 0.3) is 0 Å². The normalized spacial score (nSPS) is 26.3. The minimum atomic E-state index is -0.319. The van der Waals surface area contributed by atoms with Crippen molar-refractivity contribution in [3.8, 4) is 0 Å². The maximum absolute atomic E-state index is 10.5. The third kappa shape index (κ3) is 2.71. The average Bonchev–Trinajstić information content (AvgIpc) is 2.97. The minimum Gasteiger partial charge on any atom is -0.387 e. The molecule has 0 amide bonds. The van der Waals surface area contributed by atoms with Crippen LogP contribution in [-0.2, 0) is 6.54 Å². The molecule has 1 aromatic rings. The summed E-state index contributed by atoms with van der Waals surface area (Å²) in [5, 5.41) is 14.8. The summed E-state index contributed by atoms with van der Waals surface area (Å²) in [6.45, 7) is 5.30. The number of nitrogens with zero attached hydrogens (tertiary/aromatic N) is 2. The molecule has 0 aromatic carbocycles. The number of hydrogen-bond acceptors (Lipinski definition) is 2. The van der Waals surface area contributed by atoms with Gasteiger partial charge in [0.2, 0.25) is 0 Å². The quantitative estimate of drug-likeness (QED) is 0.852. The second kappa shape index (κ2) is 5.67. The van der Waals surface area contributed by atoms with Crippen LogP contribution in [0.15, 0.2) is 12.3 Å². The van der Waals surface area contributed by atoms with Gasteiger partial charge in [-0.15, -0.1) is 0 Å². The number of aryl methyl sites for hydroxylation is 1. The zero-order valence-corrected chi connectivity index (χ0v) is 11.0. The lowest BCUT2D eigenvalue weighted by Gasteiger charge is -2.19. The SMILES string of the molecule is CCCn1nccc1C(O)C1CCC(CC)C1. The Morgan fingerprint density at radius 2 is 2.29 bits per heavy atom. The molecule has 0 aliphatic heterocycles. The summed E-state index contributed by atoms with van der Waals surface area (Å²) in [6, 6.07) is 1.97. The molecule has 17 heavy (non-hydrogen) atoms. The Bertz CT molecular complexity index is 348. The van der Waals surface area contributed by atoms with Crippen LogP contribution < -0.4 is 0 Å². The molecule has 1 aliphatic rings. The van der Waals surface area contributed by atoms with Gasteiger partial charge in [-0.25, -0.2) is 0 Å². The van der Waals surface area contributed by atoms with E-state index in [1.165, 1.54) is 19.3 Å².